The number of hydrogen-bond acceptors (Lipinski definition) is 12. The number of aromatic nitrogens is 2. The van der Waals surface area contributed by atoms with E-state index in [4.69, 9.17) is 18.0 Å². The molecule has 0 radical (unpaired) electrons. The minimum absolute atomic E-state index is 0.00696. The largest absolute Gasteiger partial charge is 0.368 e. The van der Waals surface area contributed by atoms with Gasteiger partial charge in [-0.15, -0.1) is 0 Å². The van der Waals surface area contributed by atoms with Crippen molar-refractivity contribution in [1.29, 1.82) is 0 Å². The number of amides is 5. The molecule has 60 heavy (non-hydrogen) atoms. The number of hydrogen-bond donors (Lipinski definition) is 7. The molecule has 17 heteroatoms. The van der Waals surface area contributed by atoms with Gasteiger partial charge in [-0.25, -0.2) is 14.8 Å². The van der Waals surface area contributed by atoms with Crippen molar-refractivity contribution in [3.63, 3.8) is 0 Å². The fraction of sp³-hybridized carbons (Fsp3) is 0.558. The number of nitrogens with zero attached hydrogens (tertiary/aromatic N) is 4. The van der Waals surface area contributed by atoms with E-state index in [9.17, 15) is 19.2 Å². The number of carbonyl (C=O) groups excluding carboxylic acids is 4. The van der Waals surface area contributed by atoms with Crippen LogP contribution in [0.3, 0.4) is 0 Å². The number of fused-ring (bicyclic) bond motifs is 1. The molecule has 3 heterocycles. The number of rotatable bonds is 26. The SMILES string of the molecule is CC.CNC(=O)N(/C=C\C=S)CCCCCN(CCCCC1Nc2ncnc(NCC/C(C)=C/Nc3ccccc3)c2NC1=O)C(=O)CCCCC1SCC(NC=O)C1N. The van der Waals surface area contributed by atoms with E-state index in [2.05, 4.69) is 48.8 Å². The normalized spacial score (nSPS) is 18.2. The fourth-order valence-corrected chi connectivity index (χ4v) is 8.48. The molecule has 15 nitrogen and oxygen atoms in total. The zero-order valence-electron chi connectivity index (χ0n) is 35.8. The van der Waals surface area contributed by atoms with Crippen LogP contribution in [0.5, 0.6) is 0 Å². The number of nitrogens with one attached hydrogen (secondary N) is 6. The summed E-state index contributed by atoms with van der Waals surface area (Å²) in [6.45, 7) is 8.45. The molecule has 4 unspecified atom stereocenters. The number of unbranched alkanes of at least 4 members (excludes halogenated alkanes) is 4. The zero-order valence-corrected chi connectivity index (χ0v) is 37.4. The molecule has 2 aliphatic rings. The van der Waals surface area contributed by atoms with Gasteiger partial charge in [-0.1, -0.05) is 56.3 Å². The van der Waals surface area contributed by atoms with Crippen LogP contribution in [0.25, 0.3) is 0 Å². The van der Waals surface area contributed by atoms with Gasteiger partial charge in [0.15, 0.2) is 11.6 Å². The van der Waals surface area contributed by atoms with Crippen LogP contribution in [0, 0.1) is 0 Å². The average Bonchev–Trinajstić information content (AvgIpc) is 3.61. The van der Waals surface area contributed by atoms with Crippen molar-refractivity contribution in [3.8, 4) is 0 Å². The molecular weight excluding hydrogens is 799 g/mol. The minimum atomic E-state index is -0.453. The highest BCUT2D eigenvalue weighted by Gasteiger charge is 2.33. The fourth-order valence-electron chi connectivity index (χ4n) is 6.89. The summed E-state index contributed by atoms with van der Waals surface area (Å²) in [5, 5.41) is 20.2. The Morgan fingerprint density at radius 2 is 1.73 bits per heavy atom. The van der Waals surface area contributed by atoms with Crippen LogP contribution in [0.15, 0.2) is 60.7 Å². The molecule has 0 saturated carbocycles. The Morgan fingerprint density at radius 1 is 1.00 bits per heavy atom. The Kier molecular flexibility index (Phi) is 23.7. The predicted molar refractivity (Wildman–Crippen MR) is 250 cm³/mol. The molecule has 4 atom stereocenters. The number of urea groups is 1. The maximum Gasteiger partial charge on any atom is 0.321 e. The van der Waals surface area contributed by atoms with Crippen molar-refractivity contribution in [2.45, 2.75) is 115 Å². The molecule has 0 spiro atoms. The van der Waals surface area contributed by atoms with E-state index in [0.717, 1.165) is 74.8 Å². The Bertz CT molecular complexity index is 1680. The maximum absolute atomic E-state index is 13.5. The summed E-state index contributed by atoms with van der Waals surface area (Å²) in [4.78, 5) is 62.2. The first-order valence-corrected chi connectivity index (χ1v) is 22.8. The maximum atomic E-state index is 13.5. The molecule has 4 rings (SSSR count). The summed E-state index contributed by atoms with van der Waals surface area (Å²) in [7, 11) is 1.60. The van der Waals surface area contributed by atoms with Gasteiger partial charge in [0.2, 0.25) is 18.2 Å². The number of nitrogens with two attached hydrogens (primary N) is 1. The summed E-state index contributed by atoms with van der Waals surface area (Å²) < 4.78 is 0. The molecule has 1 fully saturated rings. The number of para-hydroxylation sites is 1. The Hall–Kier alpha value is -4.74. The molecule has 1 aromatic carbocycles. The highest BCUT2D eigenvalue weighted by atomic mass is 32.2. The summed E-state index contributed by atoms with van der Waals surface area (Å²) in [6, 6.07) is 9.24. The Labute approximate surface area is 366 Å². The van der Waals surface area contributed by atoms with Crippen LogP contribution in [0.1, 0.15) is 91.4 Å². The first kappa shape index (κ1) is 49.6. The first-order valence-electron chi connectivity index (χ1n) is 21.3. The third-order valence-corrected chi connectivity index (χ3v) is 11.9. The van der Waals surface area contributed by atoms with Gasteiger partial charge >= 0.3 is 6.03 Å². The third-order valence-electron chi connectivity index (χ3n) is 10.3. The van der Waals surface area contributed by atoms with Crippen molar-refractivity contribution < 1.29 is 19.2 Å². The van der Waals surface area contributed by atoms with Crippen LogP contribution in [0.4, 0.5) is 27.8 Å². The van der Waals surface area contributed by atoms with Crippen LogP contribution < -0.4 is 37.6 Å². The predicted octanol–water partition coefficient (Wildman–Crippen LogP) is 6.50. The first-order chi connectivity index (χ1) is 29.2. The second-order valence-corrected chi connectivity index (χ2v) is 16.1. The zero-order chi connectivity index (χ0) is 43.5. The van der Waals surface area contributed by atoms with E-state index in [-0.39, 0.29) is 35.2 Å². The molecular formula is C43H67N11O4S2. The van der Waals surface area contributed by atoms with Crippen molar-refractivity contribution >= 4 is 76.6 Å². The highest BCUT2D eigenvalue weighted by molar-refractivity contribution is 8.00. The van der Waals surface area contributed by atoms with Gasteiger partial charge in [-0.3, -0.25) is 14.4 Å². The number of thioether (sulfide) groups is 1. The lowest BCUT2D eigenvalue weighted by molar-refractivity contribution is -0.131. The van der Waals surface area contributed by atoms with Crippen molar-refractivity contribution in [2.75, 3.05) is 60.2 Å². The third kappa shape index (κ3) is 17.1. The van der Waals surface area contributed by atoms with Crippen molar-refractivity contribution in [1.82, 2.24) is 30.4 Å². The van der Waals surface area contributed by atoms with Gasteiger partial charge in [0, 0.05) is 73.9 Å². The number of thiocarbonyl (C=S) groups is 1. The Morgan fingerprint density at radius 3 is 2.47 bits per heavy atom. The monoisotopic (exact) mass is 865 g/mol. The summed E-state index contributed by atoms with van der Waals surface area (Å²) in [5.41, 5.74) is 9.09. The summed E-state index contributed by atoms with van der Waals surface area (Å²) >= 11 is 6.65. The number of allylic oxidation sites excluding steroid dienone is 1. The van der Waals surface area contributed by atoms with E-state index in [1.54, 1.807) is 36.0 Å². The van der Waals surface area contributed by atoms with Crippen LogP contribution >= 0.6 is 24.0 Å². The highest BCUT2D eigenvalue weighted by Crippen LogP contribution is 2.32. The van der Waals surface area contributed by atoms with Crippen LogP contribution in [-0.4, -0.2) is 112 Å². The number of anilines is 4. The van der Waals surface area contributed by atoms with Gasteiger partial charge in [0.05, 0.1) is 6.04 Å². The molecule has 2 aliphatic heterocycles. The number of benzene rings is 1. The number of carbonyl (C=O) groups is 4. The molecule has 5 amide bonds. The second kappa shape index (κ2) is 28.7. The standard InChI is InChI=1S/C41H61N11O4S2.C2H6/c1-30(26-45-31-14-5-3-6-15-31)19-20-44-38-37-39(47-28-46-38)49-32(40(55)50-37)16-9-12-22-51(21-10-4-11-23-52(24-13-25-57)41(56)43-2)35(54)18-8-7-17-34-36(42)33(27-58-34)48-29-53;1-2/h3,5-6,13-15,24-26,28-29,32-34,36,45H,4,7-12,16-23,27,42H2,1-2H3,(H,43,56)(H,48,53)(H,50,55)(H2,44,46,47,49);1-2H3/b24-13-,30-26+;. The van der Waals surface area contributed by atoms with E-state index >= 15 is 0 Å². The van der Waals surface area contributed by atoms with E-state index in [0.29, 0.717) is 62.8 Å². The topological polar surface area (TPSA) is 199 Å². The van der Waals surface area contributed by atoms with E-state index in [1.807, 2.05) is 55.3 Å². The molecule has 0 bridgehead atoms. The lowest BCUT2D eigenvalue weighted by Gasteiger charge is -2.27. The van der Waals surface area contributed by atoms with Crippen molar-refractivity contribution in [3.05, 3.63) is 60.7 Å². The van der Waals surface area contributed by atoms with Gasteiger partial charge in [0.1, 0.15) is 18.1 Å². The molecule has 0 aliphatic carbocycles. The van der Waals surface area contributed by atoms with E-state index < -0.39 is 6.04 Å². The summed E-state index contributed by atoms with van der Waals surface area (Å²) in [6.07, 6.45) is 15.8. The smallest absolute Gasteiger partial charge is 0.321 e. The minimum Gasteiger partial charge on any atom is -0.368 e. The van der Waals surface area contributed by atoms with Crippen LogP contribution in [0.2, 0.25) is 0 Å². The van der Waals surface area contributed by atoms with E-state index in [1.165, 1.54) is 11.7 Å². The van der Waals surface area contributed by atoms with Gasteiger partial charge in [-0.2, -0.15) is 11.8 Å². The molecule has 8 N–H and O–H groups in total. The Balaban J connectivity index is 0.00000473. The molecule has 330 valence electrons. The lowest BCUT2D eigenvalue weighted by Crippen LogP contribution is -2.46. The van der Waals surface area contributed by atoms with Gasteiger partial charge in [0.25, 0.3) is 0 Å². The van der Waals surface area contributed by atoms with Gasteiger partial charge < -0.3 is 47.4 Å². The quantitative estimate of drug-likeness (QED) is 0.0235. The van der Waals surface area contributed by atoms with Crippen molar-refractivity contribution in [2.24, 2.45) is 5.73 Å². The molecule has 1 aromatic heterocycles. The average molecular weight is 866 g/mol. The van der Waals surface area contributed by atoms with Gasteiger partial charge in [-0.05, 0) is 89.1 Å². The molecule has 1 saturated heterocycles. The van der Waals surface area contributed by atoms with Crippen LogP contribution in [-0.2, 0) is 14.4 Å². The summed E-state index contributed by atoms with van der Waals surface area (Å²) in [5.74, 6) is 1.94. The lowest BCUT2D eigenvalue weighted by atomic mass is 10.0. The molecule has 2 aromatic rings. The second-order valence-electron chi connectivity index (χ2n) is 14.6.